The lowest BCUT2D eigenvalue weighted by Gasteiger charge is -2.16. The summed E-state index contributed by atoms with van der Waals surface area (Å²) in [5.74, 6) is 0. The number of hydrogen-bond donors (Lipinski definition) is 3. The fourth-order valence-corrected chi connectivity index (χ4v) is 4.35. The maximum atomic E-state index is 6.37. The number of hydrogen-bond acceptors (Lipinski definition) is 5. The van der Waals surface area contributed by atoms with E-state index in [0.717, 1.165) is 57.2 Å². The Labute approximate surface area is 259 Å². The van der Waals surface area contributed by atoms with E-state index >= 15 is 0 Å². The second-order valence-electron chi connectivity index (χ2n) is 10.3. The van der Waals surface area contributed by atoms with Gasteiger partial charge in [0.25, 0.3) is 0 Å². The second-order valence-corrected chi connectivity index (χ2v) is 10.3. The van der Waals surface area contributed by atoms with Crippen molar-refractivity contribution in [1.29, 1.82) is 0 Å². The lowest BCUT2D eigenvalue weighted by atomic mass is 9.97. The Bertz CT molecular complexity index is 1460. The van der Waals surface area contributed by atoms with E-state index in [-0.39, 0.29) is 0 Å². The summed E-state index contributed by atoms with van der Waals surface area (Å²) < 4.78 is 0. The van der Waals surface area contributed by atoms with E-state index in [1.54, 1.807) is 6.20 Å². The monoisotopic (exact) mass is 573 g/mol. The summed E-state index contributed by atoms with van der Waals surface area (Å²) >= 11 is 0. The summed E-state index contributed by atoms with van der Waals surface area (Å²) in [5, 5.41) is 6.91. The molecule has 224 valence electrons. The third kappa shape index (κ3) is 12.0. The summed E-state index contributed by atoms with van der Waals surface area (Å²) in [6.45, 7) is 25.3. The minimum absolute atomic E-state index is 0.649. The van der Waals surface area contributed by atoms with E-state index in [4.69, 9.17) is 5.73 Å². The summed E-state index contributed by atoms with van der Waals surface area (Å²) in [4.78, 5) is 8.29. The number of allylic oxidation sites excluding steroid dienone is 9. The molecule has 0 aliphatic heterocycles. The van der Waals surface area contributed by atoms with Crippen LogP contribution in [0.5, 0.6) is 0 Å². The van der Waals surface area contributed by atoms with Crippen molar-refractivity contribution < 1.29 is 0 Å². The number of benzene rings is 2. The van der Waals surface area contributed by atoms with Crippen LogP contribution in [0.2, 0.25) is 0 Å². The zero-order valence-electron chi connectivity index (χ0n) is 26.3. The van der Waals surface area contributed by atoms with Gasteiger partial charge in [0.1, 0.15) is 0 Å². The average molecular weight is 574 g/mol. The van der Waals surface area contributed by atoms with E-state index in [1.807, 2.05) is 62.4 Å². The third-order valence-corrected chi connectivity index (χ3v) is 6.93. The van der Waals surface area contributed by atoms with Gasteiger partial charge in [-0.2, -0.15) is 0 Å². The van der Waals surface area contributed by atoms with Gasteiger partial charge in [-0.15, -0.1) is 0 Å². The van der Waals surface area contributed by atoms with Gasteiger partial charge in [-0.05, 0) is 100 Å². The van der Waals surface area contributed by atoms with Crippen LogP contribution in [0.3, 0.4) is 0 Å². The van der Waals surface area contributed by atoms with Crippen LogP contribution in [0.1, 0.15) is 50.3 Å². The molecule has 0 fully saturated rings. The van der Waals surface area contributed by atoms with Crippen molar-refractivity contribution in [3.63, 3.8) is 0 Å². The van der Waals surface area contributed by atoms with Crippen molar-refractivity contribution >= 4 is 19.0 Å². The molecule has 0 aromatic heterocycles. The third-order valence-electron chi connectivity index (χ3n) is 6.93. The van der Waals surface area contributed by atoms with E-state index in [1.165, 1.54) is 11.1 Å². The number of nitrogens with zero attached hydrogens (tertiary/aromatic N) is 2. The zero-order chi connectivity index (χ0) is 31.6. The Hall–Kier alpha value is -4.74. The molecule has 0 aliphatic carbocycles. The van der Waals surface area contributed by atoms with Crippen LogP contribution in [0.15, 0.2) is 154 Å². The maximum absolute atomic E-state index is 6.37. The first kappa shape index (κ1) is 34.5. The van der Waals surface area contributed by atoms with Crippen LogP contribution in [0.25, 0.3) is 5.57 Å². The van der Waals surface area contributed by atoms with Crippen molar-refractivity contribution in [3.05, 3.63) is 161 Å². The maximum Gasteiger partial charge on any atom is 0.0692 e. The molecule has 0 bridgehead atoms. The van der Waals surface area contributed by atoms with Gasteiger partial charge in [-0.25, -0.2) is 0 Å². The second kappa shape index (κ2) is 18.6. The molecular formula is C38H47N5. The fourth-order valence-electron chi connectivity index (χ4n) is 4.35. The minimum atomic E-state index is 0.649. The van der Waals surface area contributed by atoms with Crippen LogP contribution < -0.4 is 16.4 Å². The van der Waals surface area contributed by atoms with Crippen LogP contribution in [0.4, 0.5) is 0 Å². The number of rotatable bonds is 17. The highest BCUT2D eigenvalue weighted by Crippen LogP contribution is 2.26. The van der Waals surface area contributed by atoms with Gasteiger partial charge in [-0.1, -0.05) is 85.5 Å². The van der Waals surface area contributed by atoms with Crippen molar-refractivity contribution in [1.82, 2.24) is 10.6 Å². The van der Waals surface area contributed by atoms with Gasteiger partial charge in [0.05, 0.1) is 5.70 Å². The summed E-state index contributed by atoms with van der Waals surface area (Å²) in [5.41, 5.74) is 17.3. The molecular weight excluding hydrogens is 526 g/mol. The lowest BCUT2D eigenvalue weighted by Crippen LogP contribution is -2.16. The van der Waals surface area contributed by atoms with Gasteiger partial charge < -0.3 is 16.4 Å². The zero-order valence-corrected chi connectivity index (χ0v) is 26.3. The summed E-state index contributed by atoms with van der Waals surface area (Å²) in [6.07, 6.45) is 12.9. The highest BCUT2D eigenvalue weighted by Gasteiger charge is 2.09. The van der Waals surface area contributed by atoms with Crippen LogP contribution >= 0.6 is 0 Å². The topological polar surface area (TPSA) is 74.8 Å². The van der Waals surface area contributed by atoms with E-state index in [2.05, 4.69) is 97.5 Å². The van der Waals surface area contributed by atoms with Crippen molar-refractivity contribution in [3.8, 4) is 0 Å². The first-order chi connectivity index (χ1) is 20.7. The molecule has 0 heterocycles. The Morgan fingerprint density at radius 1 is 1.00 bits per heavy atom. The van der Waals surface area contributed by atoms with E-state index in [0.29, 0.717) is 19.4 Å². The first-order valence-electron chi connectivity index (χ1n) is 14.4. The van der Waals surface area contributed by atoms with Crippen LogP contribution in [-0.4, -0.2) is 20.0 Å². The van der Waals surface area contributed by atoms with Crippen LogP contribution in [0, 0.1) is 6.92 Å². The minimum Gasteiger partial charge on any atom is -0.402 e. The smallest absolute Gasteiger partial charge is 0.0692 e. The Morgan fingerprint density at radius 2 is 1.74 bits per heavy atom. The summed E-state index contributed by atoms with van der Waals surface area (Å²) in [7, 11) is 0. The van der Waals surface area contributed by atoms with Gasteiger partial charge in [0.15, 0.2) is 0 Å². The lowest BCUT2D eigenvalue weighted by molar-refractivity contribution is 0.747. The molecule has 5 heteroatoms. The molecule has 0 unspecified atom stereocenters. The highest BCUT2D eigenvalue weighted by atomic mass is 14.9. The molecule has 5 nitrogen and oxygen atoms in total. The molecule has 0 radical (unpaired) electrons. The largest absolute Gasteiger partial charge is 0.402 e. The molecule has 0 aliphatic rings. The summed E-state index contributed by atoms with van der Waals surface area (Å²) in [6, 6.07) is 18.7. The Balaban J connectivity index is 2.03. The van der Waals surface area contributed by atoms with Crippen LogP contribution in [-0.2, 0) is 6.54 Å². The first-order valence-corrected chi connectivity index (χ1v) is 14.4. The molecule has 0 saturated heterocycles. The van der Waals surface area contributed by atoms with Crippen molar-refractivity contribution in [2.45, 2.75) is 47.1 Å². The molecule has 0 saturated carbocycles. The van der Waals surface area contributed by atoms with Gasteiger partial charge >= 0.3 is 0 Å². The number of aliphatic imine (C=N–C) groups is 2. The number of nitrogens with one attached hydrogen (secondary N) is 2. The molecule has 0 amide bonds. The van der Waals surface area contributed by atoms with Gasteiger partial charge in [0, 0.05) is 42.0 Å². The van der Waals surface area contributed by atoms with E-state index < -0.39 is 0 Å². The molecule has 0 spiro atoms. The molecule has 43 heavy (non-hydrogen) atoms. The van der Waals surface area contributed by atoms with E-state index in [9.17, 15) is 0 Å². The Kier molecular flexibility index (Phi) is 14.9. The fraction of sp³-hybridized carbons (Fsp3) is 0.211. The Morgan fingerprint density at radius 3 is 2.37 bits per heavy atom. The predicted molar refractivity (Wildman–Crippen MR) is 189 cm³/mol. The SMILES string of the molecule is C=C\C(=C/C(=C\C)C(=C/C=C(/N)CCC(=C)N/C(C)=C(C)/C(=C\N=C)c1cccc(C)c1)/N=C)CNCc1ccccc1. The predicted octanol–water partition coefficient (Wildman–Crippen LogP) is 8.49. The average Bonchev–Trinajstić information content (AvgIpc) is 3.01. The van der Waals surface area contributed by atoms with Gasteiger partial charge in [-0.3, -0.25) is 9.98 Å². The molecule has 4 N–H and O–H groups in total. The number of nitrogens with two attached hydrogens (primary N) is 1. The molecule has 0 atom stereocenters. The van der Waals surface area contributed by atoms with Gasteiger partial charge in [0.2, 0.25) is 0 Å². The normalized spacial score (nSPS) is 13.7. The molecule has 2 aromatic rings. The molecule has 2 rings (SSSR count). The highest BCUT2D eigenvalue weighted by molar-refractivity contribution is 5.79. The standard InChI is InChI=1S/C38H47N5/c1-9-32(25-42-26-33-16-12-11-13-17-33)24-34(10-2)38(41-8)22-21-36(39)20-19-29(4)43-31(6)30(5)37(27-40-7)35-18-14-15-28(3)23-35/h9-18,21-24,27,42-43H,1,4,7-8,19-20,25-26,39H2,2-3,5-6H3/b31-30+,32-24+,34-10+,36-21+,37-27+,38-22-. The van der Waals surface area contributed by atoms with Crippen molar-refractivity contribution in [2.75, 3.05) is 6.54 Å². The van der Waals surface area contributed by atoms with Crippen molar-refractivity contribution in [2.24, 2.45) is 15.7 Å². The number of aryl methyl sites for hydroxylation is 1. The molecule has 2 aromatic carbocycles. The quantitative estimate of drug-likeness (QED) is 0.131.